The fraction of sp³-hybridized carbons (Fsp3) is 0.643. The van der Waals surface area contributed by atoms with Crippen molar-refractivity contribution in [2.45, 2.75) is 12.2 Å². The summed E-state index contributed by atoms with van der Waals surface area (Å²) >= 11 is 6.04. The van der Waals surface area contributed by atoms with Crippen LogP contribution in [-0.4, -0.2) is 67.1 Å². The van der Waals surface area contributed by atoms with Crippen LogP contribution >= 0.6 is 11.6 Å². The minimum Gasteiger partial charge on any atom is -0.352 e. The molecule has 2 fully saturated rings. The van der Waals surface area contributed by atoms with Crippen LogP contribution in [0.15, 0.2) is 12.3 Å². The van der Waals surface area contributed by atoms with E-state index in [1.54, 1.807) is 0 Å². The molecule has 0 aliphatic carbocycles. The van der Waals surface area contributed by atoms with Crippen LogP contribution in [0.4, 0.5) is 19.0 Å². The largest absolute Gasteiger partial charge is 0.417 e. The Bertz CT molecular complexity index is 551. The van der Waals surface area contributed by atoms with E-state index in [0.29, 0.717) is 11.9 Å². The number of hydrogen-bond acceptors (Lipinski definition) is 4. The molecule has 0 amide bonds. The molecule has 1 aromatic heterocycles. The normalized spacial score (nSPS) is 24.4. The van der Waals surface area contributed by atoms with Crippen LogP contribution in [-0.2, 0) is 6.18 Å². The summed E-state index contributed by atoms with van der Waals surface area (Å²) in [7, 11) is 2.08. The van der Waals surface area contributed by atoms with E-state index in [9.17, 15) is 13.2 Å². The van der Waals surface area contributed by atoms with E-state index in [-0.39, 0.29) is 5.02 Å². The highest BCUT2D eigenvalue weighted by molar-refractivity contribution is 6.33. The zero-order chi connectivity index (χ0) is 15.9. The van der Waals surface area contributed by atoms with Gasteiger partial charge in [-0.15, -0.1) is 0 Å². The van der Waals surface area contributed by atoms with Gasteiger partial charge in [0.25, 0.3) is 0 Å². The molecule has 2 saturated heterocycles. The third-order valence-corrected chi connectivity index (χ3v) is 4.62. The molecule has 2 aliphatic heterocycles. The number of aromatic nitrogens is 1. The average molecular weight is 335 g/mol. The van der Waals surface area contributed by atoms with E-state index >= 15 is 0 Å². The third-order valence-electron chi connectivity index (χ3n) is 4.34. The Balaban J connectivity index is 1.77. The fourth-order valence-electron chi connectivity index (χ4n) is 3.12. The minimum atomic E-state index is -4.42. The predicted molar refractivity (Wildman–Crippen MR) is 79.3 cm³/mol. The van der Waals surface area contributed by atoms with Gasteiger partial charge in [0.2, 0.25) is 0 Å². The summed E-state index contributed by atoms with van der Waals surface area (Å²) in [6.07, 6.45) is -3.56. The topological polar surface area (TPSA) is 22.6 Å². The first-order valence-corrected chi connectivity index (χ1v) is 7.62. The van der Waals surface area contributed by atoms with Crippen molar-refractivity contribution in [2.24, 2.45) is 0 Å². The van der Waals surface area contributed by atoms with Gasteiger partial charge in [0.05, 0.1) is 10.6 Å². The van der Waals surface area contributed by atoms with Gasteiger partial charge in [-0.2, -0.15) is 13.2 Å². The van der Waals surface area contributed by atoms with Crippen molar-refractivity contribution in [1.82, 2.24) is 14.8 Å². The number of nitrogens with zero attached hydrogens (tertiary/aromatic N) is 4. The van der Waals surface area contributed by atoms with E-state index in [1.807, 2.05) is 4.90 Å². The Morgan fingerprint density at radius 1 is 1.18 bits per heavy atom. The SMILES string of the molecule is CN1CCN2CCN(c3ncc(C(F)(F)F)cc3Cl)C[C@@H]2C1. The number of halogens is 4. The summed E-state index contributed by atoms with van der Waals surface area (Å²) < 4.78 is 38.0. The molecule has 8 heteroatoms. The van der Waals surface area contributed by atoms with Gasteiger partial charge in [-0.1, -0.05) is 11.6 Å². The molecule has 0 radical (unpaired) electrons. The van der Waals surface area contributed by atoms with Gasteiger partial charge in [-0.25, -0.2) is 4.98 Å². The maximum atomic E-state index is 12.7. The maximum absolute atomic E-state index is 12.7. The summed E-state index contributed by atoms with van der Waals surface area (Å²) in [5.41, 5.74) is -0.808. The van der Waals surface area contributed by atoms with Gasteiger partial charge in [-0.3, -0.25) is 4.90 Å². The summed E-state index contributed by atoms with van der Waals surface area (Å²) in [4.78, 5) is 10.7. The Morgan fingerprint density at radius 3 is 2.59 bits per heavy atom. The number of anilines is 1. The summed E-state index contributed by atoms with van der Waals surface area (Å²) in [6, 6.07) is 1.33. The first kappa shape index (κ1) is 15.8. The minimum absolute atomic E-state index is 0.0624. The number of likely N-dealkylation sites (N-methyl/N-ethyl adjacent to an activating group) is 1. The standard InChI is InChI=1S/C14H18ClF3N4/c1-20-2-3-21-4-5-22(9-11(21)8-20)13-12(15)6-10(7-19-13)14(16,17)18/h6-7,11H,2-5,8-9H2,1H3/t11-/m0/s1. The smallest absolute Gasteiger partial charge is 0.352 e. The highest BCUT2D eigenvalue weighted by Crippen LogP contribution is 2.34. The number of piperazine rings is 2. The zero-order valence-corrected chi connectivity index (χ0v) is 13.0. The van der Waals surface area contributed by atoms with E-state index in [2.05, 4.69) is 21.8 Å². The maximum Gasteiger partial charge on any atom is 0.417 e. The highest BCUT2D eigenvalue weighted by Gasteiger charge is 2.34. The number of hydrogen-bond donors (Lipinski definition) is 0. The average Bonchev–Trinajstić information content (AvgIpc) is 2.45. The summed E-state index contributed by atoms with van der Waals surface area (Å²) in [5, 5.41) is 0.0624. The molecule has 1 atom stereocenters. The molecular weight excluding hydrogens is 317 g/mol. The second kappa shape index (κ2) is 5.86. The quantitative estimate of drug-likeness (QED) is 0.785. The van der Waals surface area contributed by atoms with Crippen LogP contribution in [0.1, 0.15) is 5.56 Å². The van der Waals surface area contributed by atoms with E-state index < -0.39 is 11.7 Å². The molecule has 22 heavy (non-hydrogen) atoms. The molecule has 0 aromatic carbocycles. The molecule has 0 saturated carbocycles. The lowest BCUT2D eigenvalue weighted by Gasteiger charge is -2.47. The molecule has 0 N–H and O–H groups in total. The molecule has 4 nitrogen and oxygen atoms in total. The number of alkyl halides is 3. The van der Waals surface area contributed by atoms with Crippen LogP contribution in [0, 0.1) is 0 Å². The first-order valence-electron chi connectivity index (χ1n) is 7.25. The second-order valence-electron chi connectivity index (χ2n) is 5.93. The van der Waals surface area contributed by atoms with Gasteiger partial charge < -0.3 is 9.80 Å². The Hall–Kier alpha value is -1.05. The molecule has 3 heterocycles. The van der Waals surface area contributed by atoms with Crippen molar-refractivity contribution < 1.29 is 13.2 Å². The predicted octanol–water partition coefficient (Wildman–Crippen LogP) is 2.19. The van der Waals surface area contributed by atoms with Crippen LogP contribution in [0.5, 0.6) is 0 Å². The van der Waals surface area contributed by atoms with Crippen molar-refractivity contribution >= 4 is 17.4 Å². The molecular formula is C14H18ClF3N4. The van der Waals surface area contributed by atoms with Gasteiger partial charge in [0, 0.05) is 51.5 Å². The van der Waals surface area contributed by atoms with Crippen LogP contribution in [0.2, 0.25) is 5.02 Å². The lowest BCUT2D eigenvalue weighted by atomic mass is 10.1. The van der Waals surface area contributed by atoms with Gasteiger partial charge >= 0.3 is 6.18 Å². The molecule has 0 spiro atoms. The molecule has 122 valence electrons. The van der Waals surface area contributed by atoms with Crippen LogP contribution < -0.4 is 4.90 Å². The van der Waals surface area contributed by atoms with Crippen molar-refractivity contribution in [3.05, 3.63) is 22.8 Å². The monoisotopic (exact) mass is 334 g/mol. The molecule has 2 aliphatic rings. The highest BCUT2D eigenvalue weighted by atomic mass is 35.5. The molecule has 3 rings (SSSR count). The first-order chi connectivity index (χ1) is 10.3. The number of fused-ring (bicyclic) bond motifs is 1. The number of rotatable bonds is 1. The zero-order valence-electron chi connectivity index (χ0n) is 12.3. The Kier molecular flexibility index (Phi) is 4.22. The summed E-state index contributed by atoms with van der Waals surface area (Å²) in [5.74, 6) is 0.447. The van der Waals surface area contributed by atoms with Gasteiger partial charge in [0.15, 0.2) is 0 Å². The van der Waals surface area contributed by atoms with Gasteiger partial charge in [-0.05, 0) is 13.1 Å². The Labute approximate surface area is 132 Å². The van der Waals surface area contributed by atoms with E-state index in [0.717, 1.165) is 51.5 Å². The molecule has 0 unspecified atom stereocenters. The van der Waals surface area contributed by atoms with Crippen molar-refractivity contribution in [1.29, 1.82) is 0 Å². The van der Waals surface area contributed by atoms with Crippen molar-refractivity contribution in [3.8, 4) is 0 Å². The van der Waals surface area contributed by atoms with Crippen molar-refractivity contribution in [3.63, 3.8) is 0 Å². The number of pyridine rings is 1. The van der Waals surface area contributed by atoms with Crippen LogP contribution in [0.3, 0.4) is 0 Å². The Morgan fingerprint density at radius 2 is 1.91 bits per heavy atom. The molecule has 0 bridgehead atoms. The van der Waals surface area contributed by atoms with E-state index in [4.69, 9.17) is 11.6 Å². The summed E-state index contributed by atoms with van der Waals surface area (Å²) in [6.45, 7) is 5.39. The molecule has 1 aromatic rings. The van der Waals surface area contributed by atoms with E-state index in [1.165, 1.54) is 0 Å². The lowest BCUT2D eigenvalue weighted by Crippen LogP contribution is -2.61. The lowest BCUT2D eigenvalue weighted by molar-refractivity contribution is -0.137. The third kappa shape index (κ3) is 3.16. The second-order valence-corrected chi connectivity index (χ2v) is 6.33. The fourth-order valence-corrected chi connectivity index (χ4v) is 3.41. The van der Waals surface area contributed by atoms with Gasteiger partial charge in [0.1, 0.15) is 5.82 Å². The van der Waals surface area contributed by atoms with Crippen LogP contribution in [0.25, 0.3) is 0 Å². The van der Waals surface area contributed by atoms with Crippen molar-refractivity contribution in [2.75, 3.05) is 51.2 Å².